The monoisotopic (exact) mass is 343 g/mol. The number of fused-ring (bicyclic) bond motifs is 2. The average molecular weight is 343 g/mol. The van der Waals surface area contributed by atoms with Crippen LogP contribution < -0.4 is 4.90 Å². The quantitative estimate of drug-likeness (QED) is 0.619. The van der Waals surface area contributed by atoms with Crippen LogP contribution >= 0.6 is 0 Å². The molecule has 0 saturated carbocycles. The number of rotatable bonds is 3. The maximum atomic E-state index is 4.66. The predicted octanol–water partition coefficient (Wildman–Crippen LogP) is 3.43. The highest BCUT2D eigenvalue weighted by Crippen LogP contribution is 2.25. The van der Waals surface area contributed by atoms with Crippen molar-refractivity contribution in [3.05, 3.63) is 66.5 Å². The van der Waals surface area contributed by atoms with Gasteiger partial charge in [-0.05, 0) is 17.5 Å². The fourth-order valence-electron chi connectivity index (χ4n) is 3.83. The molecule has 2 aromatic heterocycles. The van der Waals surface area contributed by atoms with Crippen molar-refractivity contribution in [1.82, 2.24) is 20.1 Å². The molecule has 0 radical (unpaired) electrons. The summed E-state index contributed by atoms with van der Waals surface area (Å²) in [7, 11) is 0. The van der Waals surface area contributed by atoms with Crippen molar-refractivity contribution in [2.75, 3.05) is 31.1 Å². The molecule has 4 aromatic rings. The smallest absolute Gasteiger partial charge is 0.136 e. The summed E-state index contributed by atoms with van der Waals surface area (Å²) in [4.78, 5) is 9.56. The topological polar surface area (TPSA) is 48.0 Å². The lowest BCUT2D eigenvalue weighted by atomic mass is 10.1. The highest BCUT2D eigenvalue weighted by molar-refractivity contribution is 5.92. The van der Waals surface area contributed by atoms with E-state index in [2.05, 4.69) is 73.5 Å². The Morgan fingerprint density at radius 3 is 2.50 bits per heavy atom. The van der Waals surface area contributed by atoms with Gasteiger partial charge in [-0.2, -0.15) is 5.10 Å². The van der Waals surface area contributed by atoms with Gasteiger partial charge < -0.3 is 4.90 Å². The Morgan fingerprint density at radius 2 is 1.62 bits per heavy atom. The van der Waals surface area contributed by atoms with Crippen LogP contribution in [0.25, 0.3) is 21.7 Å². The van der Waals surface area contributed by atoms with Crippen molar-refractivity contribution >= 4 is 27.5 Å². The Bertz CT molecular complexity index is 1040. The van der Waals surface area contributed by atoms with Gasteiger partial charge >= 0.3 is 0 Å². The molecule has 0 unspecified atom stereocenters. The Balaban J connectivity index is 1.31. The van der Waals surface area contributed by atoms with Crippen molar-refractivity contribution in [1.29, 1.82) is 0 Å². The van der Waals surface area contributed by atoms with Crippen molar-refractivity contribution in [3.63, 3.8) is 0 Å². The molecule has 2 aromatic carbocycles. The second kappa shape index (κ2) is 6.42. The molecule has 1 saturated heterocycles. The third kappa shape index (κ3) is 2.70. The lowest BCUT2D eigenvalue weighted by molar-refractivity contribution is 0.247. The molecule has 0 aliphatic carbocycles. The van der Waals surface area contributed by atoms with Gasteiger partial charge in [0.15, 0.2) is 0 Å². The number of para-hydroxylation sites is 1. The lowest BCUT2D eigenvalue weighted by Crippen LogP contribution is -2.46. The van der Waals surface area contributed by atoms with Crippen LogP contribution in [0.15, 0.2) is 60.8 Å². The van der Waals surface area contributed by atoms with E-state index in [1.807, 2.05) is 12.3 Å². The molecule has 1 N–H and O–H groups in total. The van der Waals surface area contributed by atoms with Gasteiger partial charge in [0.25, 0.3) is 0 Å². The number of piperazine rings is 1. The summed E-state index contributed by atoms with van der Waals surface area (Å²) < 4.78 is 0. The van der Waals surface area contributed by atoms with E-state index in [4.69, 9.17) is 0 Å². The summed E-state index contributed by atoms with van der Waals surface area (Å²) >= 11 is 0. The van der Waals surface area contributed by atoms with Crippen molar-refractivity contribution < 1.29 is 0 Å². The first-order valence-electron chi connectivity index (χ1n) is 9.11. The van der Waals surface area contributed by atoms with Crippen LogP contribution in [-0.2, 0) is 6.54 Å². The third-order valence-electron chi connectivity index (χ3n) is 5.25. The van der Waals surface area contributed by atoms with Gasteiger partial charge in [0.05, 0.1) is 11.2 Å². The van der Waals surface area contributed by atoms with Crippen molar-refractivity contribution in [3.8, 4) is 0 Å². The van der Waals surface area contributed by atoms with Gasteiger partial charge in [-0.1, -0.05) is 42.5 Å². The molecule has 0 spiro atoms. The van der Waals surface area contributed by atoms with E-state index in [1.165, 1.54) is 21.9 Å². The number of nitrogens with one attached hydrogen (secondary N) is 1. The van der Waals surface area contributed by atoms with E-state index in [-0.39, 0.29) is 0 Å². The van der Waals surface area contributed by atoms with Crippen LogP contribution in [0.2, 0.25) is 0 Å². The van der Waals surface area contributed by atoms with Crippen LogP contribution in [0.4, 0.5) is 5.82 Å². The van der Waals surface area contributed by atoms with Crippen LogP contribution in [0.5, 0.6) is 0 Å². The summed E-state index contributed by atoms with van der Waals surface area (Å²) in [5.41, 5.74) is 2.25. The number of aromatic amines is 1. The van der Waals surface area contributed by atoms with Crippen LogP contribution in [0.1, 0.15) is 5.69 Å². The van der Waals surface area contributed by atoms with E-state index in [1.54, 1.807) is 0 Å². The largest absolute Gasteiger partial charge is 0.354 e. The Hall–Kier alpha value is -2.92. The molecule has 1 aliphatic heterocycles. The number of anilines is 1. The first-order chi connectivity index (χ1) is 12.9. The number of aromatic nitrogens is 3. The first kappa shape index (κ1) is 15.3. The molecular weight excluding hydrogens is 322 g/mol. The SMILES string of the molecule is c1ccc2c(N3CCN(Cc4[nH]nc5ccccc45)CC3)nccc2c1. The summed E-state index contributed by atoms with van der Waals surface area (Å²) in [5, 5.41) is 11.3. The fraction of sp³-hybridized carbons (Fsp3) is 0.238. The molecule has 5 heteroatoms. The average Bonchev–Trinajstić information content (AvgIpc) is 3.11. The Kier molecular flexibility index (Phi) is 3.79. The minimum absolute atomic E-state index is 0.914. The van der Waals surface area contributed by atoms with Gasteiger partial charge in [-0.3, -0.25) is 10.00 Å². The molecule has 1 aliphatic rings. The first-order valence-corrected chi connectivity index (χ1v) is 9.11. The molecule has 3 heterocycles. The molecule has 0 bridgehead atoms. The van der Waals surface area contributed by atoms with Gasteiger partial charge in [0.1, 0.15) is 5.82 Å². The molecular formula is C21H21N5. The van der Waals surface area contributed by atoms with Crippen molar-refractivity contribution in [2.24, 2.45) is 0 Å². The minimum Gasteiger partial charge on any atom is -0.354 e. The second-order valence-corrected chi connectivity index (χ2v) is 6.84. The number of hydrogen-bond donors (Lipinski definition) is 1. The molecule has 26 heavy (non-hydrogen) atoms. The zero-order valence-corrected chi connectivity index (χ0v) is 14.6. The maximum Gasteiger partial charge on any atom is 0.136 e. The van der Waals surface area contributed by atoms with E-state index in [0.717, 1.165) is 44.1 Å². The van der Waals surface area contributed by atoms with Crippen molar-refractivity contribution in [2.45, 2.75) is 6.54 Å². The number of nitrogens with zero attached hydrogens (tertiary/aromatic N) is 4. The molecule has 0 atom stereocenters. The highest BCUT2D eigenvalue weighted by atomic mass is 15.3. The highest BCUT2D eigenvalue weighted by Gasteiger charge is 2.20. The standard InChI is InChI=1S/C21H21N5/c1-2-6-17-16(5-1)9-10-22-21(17)26-13-11-25(12-14-26)15-20-18-7-3-4-8-19(18)23-24-20/h1-10H,11-15H2,(H,23,24). The van der Waals surface area contributed by atoms with E-state index >= 15 is 0 Å². The van der Waals surface area contributed by atoms with Crippen LogP contribution in [-0.4, -0.2) is 46.3 Å². The summed E-state index contributed by atoms with van der Waals surface area (Å²) in [6.45, 7) is 4.95. The lowest BCUT2D eigenvalue weighted by Gasteiger charge is -2.35. The van der Waals surface area contributed by atoms with E-state index < -0.39 is 0 Å². The minimum atomic E-state index is 0.914. The number of benzene rings is 2. The van der Waals surface area contributed by atoms with Gasteiger partial charge in [0.2, 0.25) is 0 Å². The summed E-state index contributed by atoms with van der Waals surface area (Å²) in [6.07, 6.45) is 1.92. The molecule has 5 rings (SSSR count). The normalized spacial score (nSPS) is 15.8. The molecule has 1 fully saturated rings. The molecule has 5 nitrogen and oxygen atoms in total. The number of pyridine rings is 1. The third-order valence-corrected chi connectivity index (χ3v) is 5.25. The number of hydrogen-bond acceptors (Lipinski definition) is 4. The van der Waals surface area contributed by atoms with Gasteiger partial charge in [0, 0.05) is 49.7 Å². The Labute approximate surface area is 152 Å². The molecule has 130 valence electrons. The zero-order chi connectivity index (χ0) is 17.3. The Morgan fingerprint density at radius 1 is 0.846 bits per heavy atom. The van der Waals surface area contributed by atoms with Gasteiger partial charge in [-0.25, -0.2) is 4.98 Å². The zero-order valence-electron chi connectivity index (χ0n) is 14.6. The number of H-pyrrole nitrogens is 1. The fourth-order valence-corrected chi connectivity index (χ4v) is 3.83. The van der Waals surface area contributed by atoms with E-state index in [0.29, 0.717) is 0 Å². The van der Waals surface area contributed by atoms with Crippen LogP contribution in [0, 0.1) is 0 Å². The van der Waals surface area contributed by atoms with Crippen LogP contribution in [0.3, 0.4) is 0 Å². The molecule has 0 amide bonds. The maximum absolute atomic E-state index is 4.66. The second-order valence-electron chi connectivity index (χ2n) is 6.84. The van der Waals surface area contributed by atoms with Gasteiger partial charge in [-0.15, -0.1) is 0 Å². The summed E-state index contributed by atoms with van der Waals surface area (Å²) in [6, 6.07) is 18.9. The predicted molar refractivity (Wildman–Crippen MR) is 105 cm³/mol. The van der Waals surface area contributed by atoms with E-state index in [9.17, 15) is 0 Å². The summed E-state index contributed by atoms with van der Waals surface area (Å²) in [5.74, 6) is 1.11.